The second-order valence-electron chi connectivity index (χ2n) is 7.91. The SMILES string of the molecule is O=C(C1CCCCC1)C1CC2COCC(C1)N2Cc1ccccc1. The summed E-state index contributed by atoms with van der Waals surface area (Å²) in [5, 5.41) is 0. The summed E-state index contributed by atoms with van der Waals surface area (Å²) in [6, 6.07) is 11.5. The number of rotatable bonds is 4. The molecule has 0 radical (unpaired) electrons. The molecule has 1 saturated carbocycles. The van der Waals surface area contributed by atoms with Crippen molar-refractivity contribution < 1.29 is 9.53 Å². The minimum Gasteiger partial charge on any atom is -0.378 e. The van der Waals surface area contributed by atoms with E-state index in [1.165, 1.54) is 24.8 Å². The Balaban J connectivity index is 1.43. The number of ether oxygens (including phenoxy) is 1. The van der Waals surface area contributed by atoms with Crippen LogP contribution in [0.15, 0.2) is 30.3 Å². The number of nitrogens with zero attached hydrogens (tertiary/aromatic N) is 1. The first-order valence-electron chi connectivity index (χ1n) is 9.72. The molecule has 0 N–H and O–H groups in total. The highest BCUT2D eigenvalue weighted by Gasteiger charge is 2.42. The van der Waals surface area contributed by atoms with E-state index in [-0.39, 0.29) is 5.92 Å². The van der Waals surface area contributed by atoms with Crippen LogP contribution in [0.25, 0.3) is 0 Å². The molecule has 130 valence electrons. The standard InChI is InChI=1S/C21H29NO2/c23-21(17-9-5-2-6-10-17)18-11-19-14-24-15-20(12-18)22(19)13-16-7-3-1-4-8-16/h1,3-4,7-8,17-20H,2,5-6,9-15H2. The van der Waals surface area contributed by atoms with Crippen molar-refractivity contribution in [2.75, 3.05) is 13.2 Å². The van der Waals surface area contributed by atoms with Crippen molar-refractivity contribution >= 4 is 5.78 Å². The smallest absolute Gasteiger partial charge is 0.139 e. The molecule has 2 bridgehead atoms. The van der Waals surface area contributed by atoms with E-state index in [9.17, 15) is 4.79 Å². The Morgan fingerprint density at radius 1 is 0.958 bits per heavy atom. The monoisotopic (exact) mass is 327 g/mol. The second kappa shape index (κ2) is 7.37. The topological polar surface area (TPSA) is 29.5 Å². The number of benzene rings is 1. The lowest BCUT2D eigenvalue weighted by molar-refractivity contribution is -0.138. The second-order valence-corrected chi connectivity index (χ2v) is 7.91. The van der Waals surface area contributed by atoms with E-state index < -0.39 is 0 Å². The van der Waals surface area contributed by atoms with Crippen LogP contribution in [-0.2, 0) is 16.1 Å². The van der Waals surface area contributed by atoms with Crippen LogP contribution in [0.3, 0.4) is 0 Å². The summed E-state index contributed by atoms with van der Waals surface area (Å²) in [4.78, 5) is 15.6. The average molecular weight is 327 g/mol. The first-order chi connectivity index (χ1) is 11.8. The fourth-order valence-corrected chi connectivity index (χ4v) is 4.99. The number of carbonyl (C=O) groups is 1. The lowest BCUT2D eigenvalue weighted by atomic mass is 9.75. The number of fused-ring (bicyclic) bond motifs is 2. The maximum absolute atomic E-state index is 13.0. The molecule has 2 heterocycles. The Morgan fingerprint density at radius 3 is 2.29 bits per heavy atom. The molecule has 3 aliphatic rings. The number of hydrogen-bond acceptors (Lipinski definition) is 3. The molecule has 0 aromatic heterocycles. The van der Waals surface area contributed by atoms with E-state index in [4.69, 9.17) is 4.74 Å². The molecule has 0 amide bonds. The van der Waals surface area contributed by atoms with E-state index in [1.807, 2.05) is 0 Å². The minimum atomic E-state index is 0.277. The molecule has 0 spiro atoms. The lowest BCUT2D eigenvalue weighted by Crippen LogP contribution is -2.57. The highest BCUT2D eigenvalue weighted by atomic mass is 16.5. The van der Waals surface area contributed by atoms with Gasteiger partial charge in [-0.1, -0.05) is 49.6 Å². The van der Waals surface area contributed by atoms with Gasteiger partial charge in [-0.3, -0.25) is 9.69 Å². The van der Waals surface area contributed by atoms with Crippen molar-refractivity contribution in [1.82, 2.24) is 4.90 Å². The molecular formula is C21H29NO2. The van der Waals surface area contributed by atoms with E-state index >= 15 is 0 Å². The summed E-state index contributed by atoms with van der Waals surface area (Å²) in [6.07, 6.45) is 8.08. The maximum Gasteiger partial charge on any atom is 0.139 e. The van der Waals surface area contributed by atoms with Gasteiger partial charge in [0.05, 0.1) is 13.2 Å². The van der Waals surface area contributed by atoms with E-state index in [0.717, 1.165) is 45.4 Å². The van der Waals surface area contributed by atoms with Crippen molar-refractivity contribution in [2.45, 2.75) is 63.6 Å². The summed E-state index contributed by atoms with van der Waals surface area (Å²) in [5.41, 5.74) is 1.37. The Labute approximate surface area is 145 Å². The van der Waals surface area contributed by atoms with Crippen LogP contribution in [0.2, 0.25) is 0 Å². The predicted molar refractivity (Wildman–Crippen MR) is 94.7 cm³/mol. The molecule has 2 aliphatic heterocycles. The van der Waals surface area contributed by atoms with E-state index in [2.05, 4.69) is 35.2 Å². The number of hydrogen-bond donors (Lipinski definition) is 0. The Bertz CT molecular complexity index is 538. The zero-order chi connectivity index (χ0) is 16.4. The van der Waals surface area contributed by atoms with Crippen LogP contribution in [0, 0.1) is 11.8 Å². The van der Waals surface area contributed by atoms with Crippen LogP contribution in [0.1, 0.15) is 50.5 Å². The van der Waals surface area contributed by atoms with Crippen molar-refractivity contribution in [2.24, 2.45) is 11.8 Å². The summed E-state index contributed by atoms with van der Waals surface area (Å²) in [6.45, 7) is 2.57. The van der Waals surface area contributed by atoms with Gasteiger partial charge in [0.15, 0.2) is 0 Å². The van der Waals surface area contributed by atoms with Crippen LogP contribution in [0.4, 0.5) is 0 Å². The molecule has 1 aromatic carbocycles. The Hall–Kier alpha value is -1.19. The first kappa shape index (κ1) is 16.3. The van der Waals surface area contributed by atoms with E-state index in [0.29, 0.717) is 23.8 Å². The zero-order valence-corrected chi connectivity index (χ0v) is 14.5. The molecular weight excluding hydrogens is 298 g/mol. The molecule has 2 atom stereocenters. The van der Waals surface area contributed by atoms with Crippen molar-refractivity contribution in [3.63, 3.8) is 0 Å². The maximum atomic E-state index is 13.0. The summed E-state index contributed by atoms with van der Waals surface area (Å²) >= 11 is 0. The quantitative estimate of drug-likeness (QED) is 0.842. The molecule has 1 aliphatic carbocycles. The van der Waals surface area contributed by atoms with Gasteiger partial charge in [0.2, 0.25) is 0 Å². The lowest BCUT2D eigenvalue weighted by Gasteiger charge is -2.48. The third kappa shape index (κ3) is 3.43. The minimum absolute atomic E-state index is 0.277. The number of piperidine rings is 1. The molecule has 3 fully saturated rings. The zero-order valence-electron chi connectivity index (χ0n) is 14.5. The van der Waals surface area contributed by atoms with Crippen LogP contribution >= 0.6 is 0 Å². The highest BCUT2D eigenvalue weighted by Crippen LogP contribution is 2.37. The van der Waals surface area contributed by atoms with Gasteiger partial charge >= 0.3 is 0 Å². The van der Waals surface area contributed by atoms with Gasteiger partial charge in [0, 0.05) is 30.5 Å². The Morgan fingerprint density at radius 2 is 1.62 bits per heavy atom. The molecule has 2 unspecified atom stereocenters. The Kier molecular flexibility index (Phi) is 5.00. The largest absolute Gasteiger partial charge is 0.378 e. The van der Waals surface area contributed by atoms with Gasteiger partial charge in [-0.15, -0.1) is 0 Å². The number of ketones is 1. The normalized spacial score (nSPS) is 31.8. The number of Topliss-reactive ketones (excluding diaryl/α,β-unsaturated/α-hetero) is 1. The molecule has 2 saturated heterocycles. The van der Waals surface area contributed by atoms with Gasteiger partial charge in [0.25, 0.3) is 0 Å². The molecule has 3 nitrogen and oxygen atoms in total. The van der Waals surface area contributed by atoms with Crippen molar-refractivity contribution in [1.29, 1.82) is 0 Å². The van der Waals surface area contributed by atoms with Crippen LogP contribution in [-0.4, -0.2) is 36.0 Å². The third-order valence-electron chi connectivity index (χ3n) is 6.29. The molecule has 24 heavy (non-hydrogen) atoms. The third-order valence-corrected chi connectivity index (χ3v) is 6.29. The van der Waals surface area contributed by atoms with Gasteiger partial charge in [-0.05, 0) is 31.2 Å². The predicted octanol–water partition coefficient (Wildman–Crippen LogP) is 3.82. The van der Waals surface area contributed by atoms with Gasteiger partial charge in [0.1, 0.15) is 5.78 Å². The van der Waals surface area contributed by atoms with E-state index in [1.54, 1.807) is 0 Å². The number of morpholine rings is 1. The summed E-state index contributed by atoms with van der Waals surface area (Å²) in [5.74, 6) is 1.20. The fourth-order valence-electron chi connectivity index (χ4n) is 4.99. The molecule has 1 aromatic rings. The number of carbonyl (C=O) groups excluding carboxylic acids is 1. The summed E-state index contributed by atoms with van der Waals surface area (Å²) in [7, 11) is 0. The highest BCUT2D eigenvalue weighted by molar-refractivity contribution is 5.83. The van der Waals surface area contributed by atoms with Gasteiger partial charge < -0.3 is 4.74 Å². The van der Waals surface area contributed by atoms with Crippen molar-refractivity contribution in [3.8, 4) is 0 Å². The summed E-state index contributed by atoms with van der Waals surface area (Å²) < 4.78 is 5.83. The van der Waals surface area contributed by atoms with Crippen LogP contribution < -0.4 is 0 Å². The molecule has 3 heteroatoms. The van der Waals surface area contributed by atoms with Gasteiger partial charge in [-0.2, -0.15) is 0 Å². The van der Waals surface area contributed by atoms with Gasteiger partial charge in [-0.25, -0.2) is 0 Å². The first-order valence-corrected chi connectivity index (χ1v) is 9.72. The molecule has 4 rings (SSSR count). The van der Waals surface area contributed by atoms with Crippen LogP contribution in [0.5, 0.6) is 0 Å². The fraction of sp³-hybridized carbons (Fsp3) is 0.667. The van der Waals surface area contributed by atoms with Crippen molar-refractivity contribution in [3.05, 3.63) is 35.9 Å². The average Bonchev–Trinajstić information content (AvgIpc) is 2.62.